The lowest BCUT2D eigenvalue weighted by molar-refractivity contribution is -0.136. The highest BCUT2D eigenvalue weighted by Gasteiger charge is 2.40. The molecule has 0 radical (unpaired) electrons. The molecule has 2 saturated heterocycles. The van der Waals surface area contributed by atoms with Crippen molar-refractivity contribution in [1.29, 1.82) is 5.26 Å². The van der Waals surface area contributed by atoms with Gasteiger partial charge >= 0.3 is 0 Å². The molecule has 9 heteroatoms. The predicted octanol–water partition coefficient (Wildman–Crippen LogP) is 3.04. The molecule has 0 saturated carbocycles. The maximum absolute atomic E-state index is 13.0. The first-order valence-electron chi connectivity index (χ1n) is 12.2. The van der Waals surface area contributed by atoms with E-state index in [0.29, 0.717) is 48.7 Å². The maximum Gasteiger partial charge on any atom is 0.255 e. The number of fused-ring (bicyclic) bond motifs is 1. The van der Waals surface area contributed by atoms with Crippen LogP contribution >= 0.6 is 11.6 Å². The maximum atomic E-state index is 13.0. The third-order valence-electron chi connectivity index (χ3n) is 7.52. The van der Waals surface area contributed by atoms with Gasteiger partial charge in [0.2, 0.25) is 11.8 Å². The Morgan fingerprint density at radius 1 is 1.11 bits per heavy atom. The lowest BCUT2D eigenvalue weighted by Crippen LogP contribution is -2.52. The molecular weight excluding hydrogens is 480 g/mol. The van der Waals surface area contributed by atoms with Gasteiger partial charge in [0.1, 0.15) is 18.4 Å². The van der Waals surface area contributed by atoms with Gasteiger partial charge < -0.3 is 9.64 Å². The average molecular weight is 507 g/mol. The molecule has 3 heterocycles. The molecule has 0 aromatic heterocycles. The van der Waals surface area contributed by atoms with Gasteiger partial charge in [0.05, 0.1) is 18.0 Å². The summed E-state index contributed by atoms with van der Waals surface area (Å²) in [6.07, 6.45) is 1.94. The van der Waals surface area contributed by atoms with E-state index in [1.54, 1.807) is 12.1 Å². The Balaban J connectivity index is 1.19. The Kier molecular flexibility index (Phi) is 6.69. The summed E-state index contributed by atoms with van der Waals surface area (Å²) in [5.74, 6) is -0.310. The Bertz CT molecular complexity index is 1250. The number of rotatable bonds is 6. The van der Waals surface area contributed by atoms with Crippen molar-refractivity contribution in [3.63, 3.8) is 0 Å². The van der Waals surface area contributed by atoms with Crippen LogP contribution in [0.5, 0.6) is 5.75 Å². The number of halogens is 1. The van der Waals surface area contributed by atoms with E-state index in [2.05, 4.69) is 16.3 Å². The minimum atomic E-state index is -0.651. The SMILES string of the molecule is N#CC1(c2ccccc2Cl)CCN(CCOc2cccc3c2CN(C2CCC(=O)NC2=O)C3=O)CC1. The molecule has 8 nitrogen and oxygen atoms in total. The first kappa shape index (κ1) is 24.3. The topological polar surface area (TPSA) is 103 Å². The van der Waals surface area contributed by atoms with E-state index in [-0.39, 0.29) is 24.8 Å². The van der Waals surface area contributed by atoms with Gasteiger partial charge in [0, 0.05) is 42.2 Å². The molecule has 36 heavy (non-hydrogen) atoms. The summed E-state index contributed by atoms with van der Waals surface area (Å²) in [7, 11) is 0. The van der Waals surface area contributed by atoms with Crippen molar-refractivity contribution in [2.45, 2.75) is 43.7 Å². The number of nitriles is 1. The quantitative estimate of drug-likeness (QED) is 0.604. The first-order valence-corrected chi connectivity index (χ1v) is 12.6. The summed E-state index contributed by atoms with van der Waals surface area (Å²) in [4.78, 5) is 40.6. The number of nitrogens with one attached hydrogen (secondary N) is 1. The highest BCUT2D eigenvalue weighted by molar-refractivity contribution is 6.31. The van der Waals surface area contributed by atoms with Gasteiger partial charge in [-0.15, -0.1) is 0 Å². The Hall–Kier alpha value is -3.41. The molecule has 1 atom stereocenters. The number of likely N-dealkylation sites (tertiary alicyclic amines) is 1. The monoisotopic (exact) mass is 506 g/mol. The molecule has 2 aromatic rings. The second-order valence-corrected chi connectivity index (χ2v) is 9.95. The number of ether oxygens (including phenoxy) is 1. The number of carbonyl (C=O) groups is 3. The fourth-order valence-corrected chi connectivity index (χ4v) is 5.74. The summed E-state index contributed by atoms with van der Waals surface area (Å²) >= 11 is 6.40. The van der Waals surface area contributed by atoms with Crippen LogP contribution in [0.4, 0.5) is 0 Å². The molecule has 5 rings (SSSR count). The van der Waals surface area contributed by atoms with Gasteiger partial charge in [-0.2, -0.15) is 5.26 Å². The molecule has 3 amide bonds. The largest absolute Gasteiger partial charge is 0.492 e. The number of hydrogen-bond donors (Lipinski definition) is 1. The zero-order chi connectivity index (χ0) is 25.3. The minimum Gasteiger partial charge on any atom is -0.492 e. The van der Waals surface area contributed by atoms with E-state index < -0.39 is 17.4 Å². The molecule has 0 bridgehead atoms. The molecule has 1 unspecified atom stereocenters. The second kappa shape index (κ2) is 9.92. The van der Waals surface area contributed by atoms with E-state index >= 15 is 0 Å². The van der Waals surface area contributed by atoms with E-state index in [1.165, 1.54) is 4.90 Å². The summed E-state index contributed by atoms with van der Waals surface area (Å²) in [5, 5.41) is 12.9. The van der Waals surface area contributed by atoms with Crippen molar-refractivity contribution in [2.75, 3.05) is 26.2 Å². The van der Waals surface area contributed by atoms with E-state index in [1.807, 2.05) is 30.3 Å². The van der Waals surface area contributed by atoms with Gasteiger partial charge in [-0.05, 0) is 43.0 Å². The van der Waals surface area contributed by atoms with Gasteiger partial charge in [-0.25, -0.2) is 0 Å². The number of amides is 3. The van der Waals surface area contributed by atoms with Gasteiger partial charge in [0.25, 0.3) is 5.91 Å². The molecule has 0 aliphatic carbocycles. The summed E-state index contributed by atoms with van der Waals surface area (Å²) in [6, 6.07) is 14.8. The normalized spacial score (nSPS) is 21.6. The van der Waals surface area contributed by atoms with Crippen LogP contribution < -0.4 is 10.1 Å². The highest BCUT2D eigenvalue weighted by atomic mass is 35.5. The van der Waals surface area contributed by atoms with Crippen molar-refractivity contribution in [3.05, 3.63) is 64.2 Å². The van der Waals surface area contributed by atoms with Crippen molar-refractivity contribution in [3.8, 4) is 11.8 Å². The van der Waals surface area contributed by atoms with Gasteiger partial charge in [-0.1, -0.05) is 35.9 Å². The van der Waals surface area contributed by atoms with Crippen molar-refractivity contribution >= 4 is 29.3 Å². The van der Waals surface area contributed by atoms with Gasteiger partial charge in [0.15, 0.2) is 0 Å². The number of nitrogens with zero attached hydrogens (tertiary/aromatic N) is 3. The second-order valence-electron chi connectivity index (χ2n) is 9.55. The Morgan fingerprint density at radius 2 is 1.89 bits per heavy atom. The number of carbonyl (C=O) groups excluding carboxylic acids is 3. The summed E-state index contributed by atoms with van der Waals surface area (Å²) in [5.41, 5.74) is 1.63. The number of hydrogen-bond acceptors (Lipinski definition) is 6. The van der Waals surface area contributed by atoms with Crippen molar-refractivity contribution < 1.29 is 19.1 Å². The highest BCUT2D eigenvalue weighted by Crippen LogP contribution is 2.39. The predicted molar refractivity (Wildman–Crippen MR) is 132 cm³/mol. The van der Waals surface area contributed by atoms with Crippen LogP contribution in [-0.2, 0) is 21.5 Å². The summed E-state index contributed by atoms with van der Waals surface area (Å²) < 4.78 is 6.10. The Labute approximate surface area is 214 Å². The summed E-state index contributed by atoms with van der Waals surface area (Å²) in [6.45, 7) is 2.93. The molecule has 3 aliphatic rings. The van der Waals surface area contributed by atoms with Crippen LogP contribution in [0.2, 0.25) is 5.02 Å². The number of benzene rings is 2. The molecule has 2 aromatic carbocycles. The lowest BCUT2D eigenvalue weighted by Gasteiger charge is -2.38. The van der Waals surface area contributed by atoms with E-state index in [4.69, 9.17) is 16.3 Å². The minimum absolute atomic E-state index is 0.214. The van der Waals surface area contributed by atoms with Crippen LogP contribution in [-0.4, -0.2) is 59.8 Å². The van der Waals surface area contributed by atoms with Crippen molar-refractivity contribution in [1.82, 2.24) is 15.1 Å². The van der Waals surface area contributed by atoms with Crippen LogP contribution in [0.3, 0.4) is 0 Å². The third kappa shape index (κ3) is 4.45. The number of piperidine rings is 2. The number of imide groups is 1. The van der Waals surface area contributed by atoms with Crippen LogP contribution in [0.25, 0.3) is 0 Å². The first-order chi connectivity index (χ1) is 17.4. The van der Waals surface area contributed by atoms with Crippen LogP contribution in [0.1, 0.15) is 47.2 Å². The molecular formula is C27H27ClN4O4. The zero-order valence-electron chi connectivity index (χ0n) is 19.8. The van der Waals surface area contributed by atoms with Crippen LogP contribution in [0, 0.1) is 11.3 Å². The molecule has 0 spiro atoms. The van der Waals surface area contributed by atoms with Crippen molar-refractivity contribution in [2.24, 2.45) is 0 Å². The zero-order valence-corrected chi connectivity index (χ0v) is 20.6. The molecule has 3 aliphatic heterocycles. The van der Waals surface area contributed by atoms with E-state index in [0.717, 1.165) is 24.2 Å². The average Bonchev–Trinajstić information content (AvgIpc) is 3.22. The Morgan fingerprint density at radius 3 is 2.61 bits per heavy atom. The van der Waals surface area contributed by atoms with Crippen LogP contribution in [0.15, 0.2) is 42.5 Å². The lowest BCUT2D eigenvalue weighted by atomic mass is 9.74. The standard InChI is InChI=1S/C27H27ClN4O4/c28-21-6-2-1-5-20(21)27(17-29)10-12-31(13-11-27)14-15-36-23-7-3-4-18-19(23)16-32(26(18)35)22-8-9-24(33)30-25(22)34/h1-7,22H,8-16H2,(H,30,33,34). The molecule has 2 fully saturated rings. The molecule has 1 N–H and O–H groups in total. The fraction of sp³-hybridized carbons (Fsp3) is 0.407. The third-order valence-corrected chi connectivity index (χ3v) is 7.85. The molecule has 186 valence electrons. The fourth-order valence-electron chi connectivity index (χ4n) is 5.43. The van der Waals surface area contributed by atoms with Gasteiger partial charge in [-0.3, -0.25) is 24.6 Å². The van der Waals surface area contributed by atoms with E-state index in [9.17, 15) is 19.6 Å². The smallest absolute Gasteiger partial charge is 0.255 e.